The molecule has 94 valence electrons. The third kappa shape index (κ3) is 2.34. The molecule has 2 aromatic rings. The van der Waals surface area contributed by atoms with E-state index in [9.17, 15) is 9.59 Å². The van der Waals surface area contributed by atoms with E-state index in [0.717, 1.165) is 16.6 Å². The number of fused-ring (bicyclic) bond motifs is 1. The zero-order valence-corrected chi connectivity index (χ0v) is 10.2. The van der Waals surface area contributed by atoms with Crippen LogP contribution in [0.5, 0.6) is 0 Å². The Bertz CT molecular complexity index is 601. The molecule has 2 rings (SSSR count). The van der Waals surface area contributed by atoms with Gasteiger partial charge in [-0.3, -0.25) is 9.59 Å². The molecule has 0 radical (unpaired) electrons. The predicted molar refractivity (Wildman–Crippen MR) is 68.3 cm³/mol. The van der Waals surface area contributed by atoms with Crippen molar-refractivity contribution in [3.05, 3.63) is 30.0 Å². The van der Waals surface area contributed by atoms with Gasteiger partial charge in [0.1, 0.15) is 6.42 Å². The Balaban J connectivity index is 2.24. The van der Waals surface area contributed by atoms with Gasteiger partial charge in [-0.1, -0.05) is 18.2 Å². The summed E-state index contributed by atoms with van der Waals surface area (Å²) < 4.78 is 4.45. The van der Waals surface area contributed by atoms with Gasteiger partial charge in [-0.25, -0.2) is 0 Å². The molecular weight excluding hydrogens is 232 g/mol. The highest BCUT2D eigenvalue weighted by Crippen LogP contribution is 2.26. The number of benzene rings is 1. The maximum absolute atomic E-state index is 11.6. The molecule has 1 amide bonds. The molecule has 0 fully saturated rings. The maximum Gasteiger partial charge on any atom is 0.315 e. The molecule has 1 aromatic carbocycles. The minimum absolute atomic E-state index is 0.282. The maximum atomic E-state index is 11.6. The van der Waals surface area contributed by atoms with Crippen molar-refractivity contribution in [3.63, 3.8) is 0 Å². The van der Waals surface area contributed by atoms with Gasteiger partial charge in [-0.05, 0) is 13.0 Å². The first-order valence-electron chi connectivity index (χ1n) is 5.56. The van der Waals surface area contributed by atoms with E-state index in [1.807, 2.05) is 31.2 Å². The van der Waals surface area contributed by atoms with Gasteiger partial charge in [-0.15, -0.1) is 0 Å². The molecule has 0 aliphatic heterocycles. The van der Waals surface area contributed by atoms with Crippen LogP contribution in [-0.4, -0.2) is 24.0 Å². The van der Waals surface area contributed by atoms with E-state index in [2.05, 4.69) is 15.0 Å². The minimum atomic E-state index is -0.551. The predicted octanol–water partition coefficient (Wildman–Crippen LogP) is 1.98. The van der Waals surface area contributed by atoms with Gasteiger partial charge in [0.05, 0.1) is 12.8 Å². The van der Waals surface area contributed by atoms with Crippen LogP contribution in [0.1, 0.15) is 12.1 Å². The van der Waals surface area contributed by atoms with E-state index in [-0.39, 0.29) is 12.3 Å². The van der Waals surface area contributed by atoms with Crippen molar-refractivity contribution >= 4 is 28.5 Å². The Hall–Kier alpha value is -2.30. The Kier molecular flexibility index (Phi) is 3.32. The van der Waals surface area contributed by atoms with Crippen LogP contribution in [0.2, 0.25) is 0 Å². The quantitative estimate of drug-likeness (QED) is 0.642. The van der Waals surface area contributed by atoms with E-state index >= 15 is 0 Å². The van der Waals surface area contributed by atoms with E-state index < -0.39 is 5.97 Å². The van der Waals surface area contributed by atoms with Crippen LogP contribution >= 0.6 is 0 Å². The average molecular weight is 246 g/mol. The van der Waals surface area contributed by atoms with E-state index in [1.165, 1.54) is 7.11 Å². The molecule has 0 bridgehead atoms. The Morgan fingerprint density at radius 3 is 2.78 bits per heavy atom. The van der Waals surface area contributed by atoms with Gasteiger partial charge in [-0.2, -0.15) is 0 Å². The van der Waals surface area contributed by atoms with Crippen molar-refractivity contribution in [2.75, 3.05) is 12.4 Å². The first-order chi connectivity index (χ1) is 8.61. The molecule has 2 N–H and O–H groups in total. The summed E-state index contributed by atoms with van der Waals surface area (Å²) in [5.41, 5.74) is 2.51. The second kappa shape index (κ2) is 4.91. The summed E-state index contributed by atoms with van der Waals surface area (Å²) in [4.78, 5) is 25.8. The lowest BCUT2D eigenvalue weighted by Crippen LogP contribution is -2.17. The number of methoxy groups -OCH3 is 1. The number of aryl methyl sites for hydroxylation is 1. The van der Waals surface area contributed by atoms with Crippen LogP contribution in [0.4, 0.5) is 5.69 Å². The smallest absolute Gasteiger partial charge is 0.315 e. The Labute approximate surface area is 104 Å². The number of para-hydroxylation sites is 1. The molecule has 0 spiro atoms. The standard InChI is InChI=1S/C13H14N2O3/c1-8-13(15-11(16)7-12(17)18-2)9-5-3-4-6-10(9)14-8/h3-6,14H,7H2,1-2H3,(H,15,16). The molecule has 0 aliphatic carbocycles. The van der Waals surface area contributed by atoms with E-state index in [0.29, 0.717) is 5.69 Å². The lowest BCUT2D eigenvalue weighted by Gasteiger charge is -2.04. The number of carbonyl (C=O) groups is 2. The highest BCUT2D eigenvalue weighted by molar-refractivity contribution is 6.07. The summed E-state index contributed by atoms with van der Waals surface area (Å²) in [7, 11) is 1.26. The normalized spacial score (nSPS) is 10.3. The van der Waals surface area contributed by atoms with Crippen LogP contribution < -0.4 is 5.32 Å². The number of anilines is 1. The van der Waals surface area contributed by atoms with Crippen molar-refractivity contribution in [1.29, 1.82) is 0 Å². The number of amides is 1. The number of hydrogen-bond donors (Lipinski definition) is 2. The molecule has 0 aliphatic rings. The van der Waals surface area contributed by atoms with Crippen LogP contribution in [0.3, 0.4) is 0 Å². The Morgan fingerprint density at radius 1 is 1.33 bits per heavy atom. The molecule has 1 aromatic heterocycles. The van der Waals surface area contributed by atoms with E-state index in [1.54, 1.807) is 0 Å². The topological polar surface area (TPSA) is 71.2 Å². The van der Waals surface area contributed by atoms with Crippen LogP contribution in [0.15, 0.2) is 24.3 Å². The number of rotatable bonds is 3. The van der Waals surface area contributed by atoms with Gasteiger partial charge in [0.2, 0.25) is 5.91 Å². The van der Waals surface area contributed by atoms with Gasteiger partial charge in [0.25, 0.3) is 0 Å². The summed E-state index contributed by atoms with van der Waals surface area (Å²) in [5, 5.41) is 3.65. The monoisotopic (exact) mass is 246 g/mol. The lowest BCUT2D eigenvalue weighted by molar-refractivity contribution is -0.142. The van der Waals surface area contributed by atoms with Crippen LogP contribution in [-0.2, 0) is 14.3 Å². The molecule has 1 heterocycles. The average Bonchev–Trinajstić information content (AvgIpc) is 2.66. The van der Waals surface area contributed by atoms with Gasteiger partial charge in [0.15, 0.2) is 0 Å². The third-order valence-electron chi connectivity index (χ3n) is 2.69. The number of carbonyl (C=O) groups excluding carboxylic acids is 2. The molecule has 0 unspecified atom stereocenters. The SMILES string of the molecule is COC(=O)CC(=O)Nc1c(C)[nH]c2ccccc12. The first kappa shape index (κ1) is 12.2. The fraction of sp³-hybridized carbons (Fsp3) is 0.231. The number of hydrogen-bond acceptors (Lipinski definition) is 3. The highest BCUT2D eigenvalue weighted by Gasteiger charge is 2.14. The number of ether oxygens (including phenoxy) is 1. The van der Waals surface area contributed by atoms with Crippen molar-refractivity contribution in [2.45, 2.75) is 13.3 Å². The van der Waals surface area contributed by atoms with Crippen LogP contribution in [0.25, 0.3) is 10.9 Å². The highest BCUT2D eigenvalue weighted by atomic mass is 16.5. The molecule has 5 nitrogen and oxygen atoms in total. The Morgan fingerprint density at radius 2 is 2.06 bits per heavy atom. The van der Waals surface area contributed by atoms with Crippen molar-refractivity contribution in [3.8, 4) is 0 Å². The lowest BCUT2D eigenvalue weighted by atomic mass is 10.2. The number of aromatic nitrogens is 1. The minimum Gasteiger partial charge on any atom is -0.469 e. The fourth-order valence-electron chi connectivity index (χ4n) is 1.82. The second-order valence-corrected chi connectivity index (χ2v) is 3.97. The van der Waals surface area contributed by atoms with Crippen molar-refractivity contribution in [1.82, 2.24) is 4.98 Å². The summed E-state index contributed by atoms with van der Waals surface area (Å²) in [6.07, 6.45) is -0.282. The first-order valence-corrected chi connectivity index (χ1v) is 5.56. The summed E-state index contributed by atoms with van der Waals surface area (Å²) in [6, 6.07) is 7.65. The van der Waals surface area contributed by atoms with Gasteiger partial charge < -0.3 is 15.0 Å². The molecular formula is C13H14N2O3. The molecule has 0 saturated carbocycles. The molecule has 18 heavy (non-hydrogen) atoms. The molecule has 0 saturated heterocycles. The number of aromatic amines is 1. The third-order valence-corrected chi connectivity index (χ3v) is 2.69. The number of nitrogens with one attached hydrogen (secondary N) is 2. The molecule has 5 heteroatoms. The number of H-pyrrole nitrogens is 1. The van der Waals surface area contributed by atoms with Crippen molar-refractivity contribution < 1.29 is 14.3 Å². The molecule has 0 atom stereocenters. The summed E-state index contributed by atoms with van der Waals surface area (Å²) in [6.45, 7) is 1.87. The van der Waals surface area contributed by atoms with Gasteiger partial charge >= 0.3 is 5.97 Å². The van der Waals surface area contributed by atoms with Gasteiger partial charge in [0, 0.05) is 16.6 Å². The van der Waals surface area contributed by atoms with Crippen LogP contribution in [0, 0.1) is 6.92 Å². The summed E-state index contributed by atoms with van der Waals surface area (Å²) in [5.74, 6) is -0.931. The second-order valence-electron chi connectivity index (χ2n) is 3.97. The zero-order valence-electron chi connectivity index (χ0n) is 10.2. The largest absolute Gasteiger partial charge is 0.469 e. The number of esters is 1. The van der Waals surface area contributed by atoms with Crippen molar-refractivity contribution in [2.24, 2.45) is 0 Å². The van der Waals surface area contributed by atoms with E-state index in [4.69, 9.17) is 0 Å². The zero-order chi connectivity index (χ0) is 13.1. The fourth-order valence-corrected chi connectivity index (χ4v) is 1.82. The summed E-state index contributed by atoms with van der Waals surface area (Å²) >= 11 is 0.